The molecular weight excluding hydrogens is 486 g/mol. The predicted molar refractivity (Wildman–Crippen MR) is 147 cm³/mol. The average Bonchev–Trinajstić information content (AvgIpc) is 3.39. The number of nitrogens with one attached hydrogen (secondary N) is 2. The Balaban J connectivity index is 1.46. The third kappa shape index (κ3) is 7.16. The molecule has 2 N–H and O–H groups in total. The van der Waals surface area contributed by atoms with Crippen LogP contribution < -0.4 is 10.7 Å². The summed E-state index contributed by atoms with van der Waals surface area (Å²) in [5.74, 6) is 0.0631. The van der Waals surface area contributed by atoms with Gasteiger partial charge in [0.05, 0.1) is 6.21 Å². The molecule has 0 atom stereocenters. The van der Waals surface area contributed by atoms with Gasteiger partial charge in [-0.3, -0.25) is 9.59 Å². The Hall–Kier alpha value is -4.68. The van der Waals surface area contributed by atoms with Gasteiger partial charge < -0.3 is 9.73 Å². The Labute approximate surface area is 220 Å². The van der Waals surface area contributed by atoms with Crippen LogP contribution in [0.25, 0.3) is 17.4 Å². The van der Waals surface area contributed by atoms with Gasteiger partial charge >= 0.3 is 0 Å². The molecule has 6 nitrogen and oxygen atoms in total. The lowest BCUT2D eigenvalue weighted by atomic mass is 10.1. The first kappa shape index (κ1) is 25.4. The predicted octanol–water partition coefficient (Wildman–Crippen LogP) is 6.39. The molecule has 184 valence electrons. The number of halogens is 1. The zero-order valence-corrected chi connectivity index (χ0v) is 20.8. The van der Waals surface area contributed by atoms with Crippen LogP contribution in [0.15, 0.2) is 118 Å². The van der Waals surface area contributed by atoms with E-state index in [1.807, 2.05) is 67.6 Å². The maximum absolute atomic E-state index is 12.9. The summed E-state index contributed by atoms with van der Waals surface area (Å²) in [5.41, 5.74) is 5.66. The Morgan fingerprint density at radius 1 is 0.919 bits per heavy atom. The number of nitrogens with zero attached hydrogens (tertiary/aromatic N) is 1. The SMILES string of the molecule is Cc1ccc(-c2ccc(C=NNC(=O)/C(=C/C=C/c3ccccc3)NC(=O)c3ccccc3)o2)cc1Cl. The van der Waals surface area contributed by atoms with Crippen molar-refractivity contribution in [1.29, 1.82) is 0 Å². The number of rotatable bonds is 8. The molecule has 37 heavy (non-hydrogen) atoms. The Morgan fingerprint density at radius 2 is 1.65 bits per heavy atom. The minimum atomic E-state index is -0.588. The maximum atomic E-state index is 12.9. The van der Waals surface area contributed by atoms with Crippen molar-refractivity contribution in [3.8, 4) is 11.3 Å². The zero-order valence-electron chi connectivity index (χ0n) is 20.0. The van der Waals surface area contributed by atoms with Gasteiger partial charge in [0.25, 0.3) is 11.8 Å². The molecule has 0 fully saturated rings. The third-order valence-electron chi connectivity index (χ3n) is 5.32. The monoisotopic (exact) mass is 509 g/mol. The van der Waals surface area contributed by atoms with E-state index in [1.54, 1.807) is 42.5 Å². The molecule has 3 aromatic carbocycles. The van der Waals surface area contributed by atoms with Crippen molar-refractivity contribution in [3.05, 3.63) is 136 Å². The zero-order chi connectivity index (χ0) is 26.0. The van der Waals surface area contributed by atoms with Crippen LogP contribution in [0, 0.1) is 6.92 Å². The third-order valence-corrected chi connectivity index (χ3v) is 5.73. The molecular formula is C30H24ClN3O3. The van der Waals surface area contributed by atoms with Gasteiger partial charge in [-0.25, -0.2) is 5.43 Å². The highest BCUT2D eigenvalue weighted by molar-refractivity contribution is 6.31. The molecule has 0 spiro atoms. The van der Waals surface area contributed by atoms with E-state index in [0.29, 0.717) is 22.1 Å². The topological polar surface area (TPSA) is 83.7 Å². The minimum absolute atomic E-state index is 0.0348. The van der Waals surface area contributed by atoms with E-state index >= 15 is 0 Å². The number of hydrogen-bond acceptors (Lipinski definition) is 4. The molecule has 0 saturated heterocycles. The van der Waals surface area contributed by atoms with Gasteiger partial charge in [-0.2, -0.15) is 5.10 Å². The van der Waals surface area contributed by atoms with Crippen molar-refractivity contribution in [3.63, 3.8) is 0 Å². The highest BCUT2D eigenvalue weighted by Crippen LogP contribution is 2.26. The van der Waals surface area contributed by atoms with Gasteiger partial charge in [0.15, 0.2) is 0 Å². The van der Waals surface area contributed by atoms with E-state index < -0.39 is 11.8 Å². The Kier molecular flexibility index (Phi) is 8.47. The lowest BCUT2D eigenvalue weighted by Crippen LogP contribution is -2.32. The lowest BCUT2D eigenvalue weighted by molar-refractivity contribution is -0.117. The lowest BCUT2D eigenvalue weighted by Gasteiger charge is -2.08. The molecule has 0 saturated carbocycles. The van der Waals surface area contributed by atoms with Crippen molar-refractivity contribution in [2.24, 2.45) is 5.10 Å². The summed E-state index contributed by atoms with van der Waals surface area (Å²) >= 11 is 6.21. The quantitative estimate of drug-likeness (QED) is 0.125. The first-order valence-corrected chi connectivity index (χ1v) is 11.9. The molecule has 0 radical (unpaired) electrons. The second-order valence-corrected chi connectivity index (χ2v) is 8.44. The smallest absolute Gasteiger partial charge is 0.287 e. The molecule has 0 aliphatic carbocycles. The number of furan rings is 1. The summed E-state index contributed by atoms with van der Waals surface area (Å²) in [6.07, 6.45) is 6.41. The fourth-order valence-corrected chi connectivity index (χ4v) is 3.50. The van der Waals surface area contributed by atoms with Crippen molar-refractivity contribution >= 4 is 35.7 Å². The molecule has 1 aromatic heterocycles. The maximum Gasteiger partial charge on any atom is 0.287 e. The highest BCUT2D eigenvalue weighted by atomic mass is 35.5. The van der Waals surface area contributed by atoms with E-state index in [9.17, 15) is 9.59 Å². The van der Waals surface area contributed by atoms with Crippen LogP contribution >= 0.6 is 11.6 Å². The van der Waals surface area contributed by atoms with E-state index in [1.165, 1.54) is 12.3 Å². The number of carbonyl (C=O) groups excluding carboxylic acids is 2. The van der Waals surface area contributed by atoms with Crippen molar-refractivity contribution in [2.45, 2.75) is 6.92 Å². The van der Waals surface area contributed by atoms with E-state index in [0.717, 1.165) is 16.7 Å². The number of hydrazone groups is 1. The van der Waals surface area contributed by atoms with Gasteiger partial charge in [-0.15, -0.1) is 0 Å². The van der Waals surface area contributed by atoms with Crippen molar-refractivity contribution < 1.29 is 14.0 Å². The molecule has 0 aliphatic heterocycles. The Morgan fingerprint density at radius 3 is 2.38 bits per heavy atom. The van der Waals surface area contributed by atoms with E-state index in [4.69, 9.17) is 16.0 Å². The van der Waals surface area contributed by atoms with Gasteiger partial charge in [0.2, 0.25) is 0 Å². The van der Waals surface area contributed by atoms with Crippen LogP contribution in [-0.4, -0.2) is 18.0 Å². The fraction of sp³-hybridized carbons (Fsp3) is 0.0333. The largest absolute Gasteiger partial charge is 0.455 e. The summed E-state index contributed by atoms with van der Waals surface area (Å²) in [4.78, 5) is 25.5. The normalized spacial score (nSPS) is 11.7. The summed E-state index contributed by atoms with van der Waals surface area (Å²) in [6.45, 7) is 1.93. The van der Waals surface area contributed by atoms with Crippen molar-refractivity contribution in [2.75, 3.05) is 0 Å². The van der Waals surface area contributed by atoms with Crippen LogP contribution in [0.5, 0.6) is 0 Å². The number of hydrogen-bond donors (Lipinski definition) is 2. The average molecular weight is 510 g/mol. The Bertz CT molecular complexity index is 1470. The second-order valence-electron chi connectivity index (χ2n) is 8.04. The fourth-order valence-electron chi connectivity index (χ4n) is 3.32. The van der Waals surface area contributed by atoms with Gasteiger partial charge in [0.1, 0.15) is 17.2 Å². The van der Waals surface area contributed by atoms with E-state index in [-0.39, 0.29) is 5.70 Å². The summed E-state index contributed by atoms with van der Waals surface area (Å²) in [6, 6.07) is 27.4. The van der Waals surface area contributed by atoms with Gasteiger partial charge in [-0.1, -0.05) is 84.4 Å². The van der Waals surface area contributed by atoms with Crippen LogP contribution in [0.1, 0.15) is 27.2 Å². The summed E-state index contributed by atoms with van der Waals surface area (Å²) in [5, 5.41) is 7.29. The number of aryl methyl sites for hydroxylation is 1. The summed E-state index contributed by atoms with van der Waals surface area (Å²) < 4.78 is 5.79. The van der Waals surface area contributed by atoms with Crippen LogP contribution in [0.3, 0.4) is 0 Å². The first-order valence-electron chi connectivity index (χ1n) is 11.5. The standard InChI is InChI=1S/C30H24ClN3O3/c1-21-15-16-24(19-26(21)31)28-18-17-25(37-28)20-32-34-30(36)27(14-8-11-22-9-4-2-5-10-22)33-29(35)23-12-6-3-7-13-23/h2-20H,1H3,(H,33,35)(H,34,36)/b11-8+,27-14-,32-20?. The van der Waals surface area contributed by atoms with E-state index in [2.05, 4.69) is 15.8 Å². The molecule has 7 heteroatoms. The molecule has 0 bridgehead atoms. The van der Waals surface area contributed by atoms with Crippen molar-refractivity contribution in [1.82, 2.24) is 10.7 Å². The van der Waals surface area contributed by atoms with Gasteiger partial charge in [-0.05, 0) is 54.5 Å². The van der Waals surface area contributed by atoms with Crippen LogP contribution in [-0.2, 0) is 4.79 Å². The molecule has 1 heterocycles. The molecule has 0 aliphatic rings. The minimum Gasteiger partial charge on any atom is -0.455 e. The molecule has 0 unspecified atom stereocenters. The number of benzene rings is 3. The van der Waals surface area contributed by atoms with Crippen LogP contribution in [0.4, 0.5) is 0 Å². The summed E-state index contributed by atoms with van der Waals surface area (Å²) in [7, 11) is 0. The van der Waals surface area contributed by atoms with Crippen LogP contribution in [0.2, 0.25) is 5.02 Å². The first-order chi connectivity index (χ1) is 18.0. The number of amides is 2. The molecule has 2 amide bonds. The molecule has 4 rings (SSSR count). The number of allylic oxidation sites excluding steroid dienone is 2. The molecule has 4 aromatic rings. The van der Waals surface area contributed by atoms with Gasteiger partial charge in [0, 0.05) is 16.1 Å². The number of carbonyl (C=O) groups is 2. The highest BCUT2D eigenvalue weighted by Gasteiger charge is 2.13. The second kappa shape index (κ2) is 12.3.